The maximum absolute atomic E-state index is 12.8. The Morgan fingerprint density at radius 1 is 1.09 bits per heavy atom. The average Bonchev–Trinajstić information content (AvgIpc) is 2.75. The number of carbonyl (C=O) groups excluding carboxylic acids is 1. The number of amides is 1. The van der Waals surface area contributed by atoms with Crippen LogP contribution in [0.1, 0.15) is 38.5 Å². The number of alkyl halides is 1. The summed E-state index contributed by atoms with van der Waals surface area (Å²) >= 11 is 3.42. The number of nitrogens with zero attached hydrogens (tertiary/aromatic N) is 2. The first-order valence-corrected chi connectivity index (χ1v) is 9.36. The highest BCUT2D eigenvalue weighted by molar-refractivity contribution is 9.09. The number of hydrogen-bond acceptors (Lipinski definition) is 2. The van der Waals surface area contributed by atoms with Gasteiger partial charge in [0.05, 0.1) is 6.04 Å². The fourth-order valence-corrected chi connectivity index (χ4v) is 3.82. The molecule has 122 valence electrons. The molecular formula is C18H27BrN2O. The number of carbonyl (C=O) groups is 1. The number of para-hydroxylation sites is 1. The molecule has 1 aliphatic rings. The third kappa shape index (κ3) is 4.32. The van der Waals surface area contributed by atoms with Crippen LogP contribution in [0.5, 0.6) is 0 Å². The molecule has 0 bridgehead atoms. The lowest BCUT2D eigenvalue weighted by Crippen LogP contribution is -2.51. The van der Waals surface area contributed by atoms with Crippen molar-refractivity contribution in [1.29, 1.82) is 0 Å². The van der Waals surface area contributed by atoms with Gasteiger partial charge in [-0.2, -0.15) is 0 Å². The summed E-state index contributed by atoms with van der Waals surface area (Å²) in [7, 11) is 4.28. The predicted octanol–water partition coefficient (Wildman–Crippen LogP) is 4.07. The third-order valence-corrected chi connectivity index (χ3v) is 4.95. The maximum atomic E-state index is 12.8. The molecule has 0 aliphatic heterocycles. The Kier molecular flexibility index (Phi) is 6.90. The summed E-state index contributed by atoms with van der Waals surface area (Å²) < 4.78 is 0. The maximum Gasteiger partial charge on any atom is 0.228 e. The molecule has 2 atom stereocenters. The van der Waals surface area contributed by atoms with E-state index < -0.39 is 0 Å². The Labute approximate surface area is 142 Å². The van der Waals surface area contributed by atoms with E-state index in [2.05, 4.69) is 52.0 Å². The minimum atomic E-state index is 0.224. The van der Waals surface area contributed by atoms with Crippen LogP contribution in [-0.4, -0.2) is 42.3 Å². The third-order valence-electron chi connectivity index (χ3n) is 4.55. The van der Waals surface area contributed by atoms with Gasteiger partial charge in [0.2, 0.25) is 5.91 Å². The van der Waals surface area contributed by atoms with Crippen LogP contribution in [0.2, 0.25) is 0 Å². The van der Waals surface area contributed by atoms with Crippen LogP contribution < -0.4 is 4.90 Å². The first-order valence-electron chi connectivity index (χ1n) is 8.24. The topological polar surface area (TPSA) is 23.6 Å². The van der Waals surface area contributed by atoms with Crippen LogP contribution in [0.4, 0.5) is 5.69 Å². The summed E-state index contributed by atoms with van der Waals surface area (Å²) in [6.45, 7) is 0. The van der Waals surface area contributed by atoms with Crippen LogP contribution >= 0.6 is 15.9 Å². The fourth-order valence-electron chi connectivity index (χ4n) is 3.48. The zero-order valence-electron chi connectivity index (χ0n) is 13.7. The summed E-state index contributed by atoms with van der Waals surface area (Å²) in [6, 6.07) is 10.9. The average molecular weight is 367 g/mol. The molecule has 3 nitrogen and oxygen atoms in total. The van der Waals surface area contributed by atoms with Gasteiger partial charge in [0.15, 0.2) is 0 Å². The molecule has 1 fully saturated rings. The first-order chi connectivity index (χ1) is 10.6. The summed E-state index contributed by atoms with van der Waals surface area (Å²) in [6.07, 6.45) is 6.55. The molecule has 0 spiro atoms. The number of anilines is 1. The van der Waals surface area contributed by atoms with Crippen LogP contribution in [0.25, 0.3) is 0 Å². The molecular weight excluding hydrogens is 340 g/mol. The van der Waals surface area contributed by atoms with Crippen LogP contribution in [0, 0.1) is 0 Å². The summed E-state index contributed by atoms with van der Waals surface area (Å²) in [5.41, 5.74) is 1.03. The minimum Gasteiger partial charge on any atom is -0.308 e. The molecule has 2 unspecified atom stereocenters. The molecule has 1 aromatic carbocycles. The number of halogens is 1. The van der Waals surface area contributed by atoms with Gasteiger partial charge < -0.3 is 9.80 Å². The first kappa shape index (κ1) is 17.5. The van der Waals surface area contributed by atoms with Crippen molar-refractivity contribution in [3.63, 3.8) is 0 Å². The van der Waals surface area contributed by atoms with Crippen LogP contribution in [0.15, 0.2) is 30.3 Å². The van der Waals surface area contributed by atoms with Crippen molar-refractivity contribution in [2.45, 2.75) is 50.6 Å². The molecule has 1 saturated carbocycles. The molecule has 2 rings (SSSR count). The van der Waals surface area contributed by atoms with Gasteiger partial charge in [-0.25, -0.2) is 0 Å². The van der Waals surface area contributed by atoms with Crippen molar-refractivity contribution in [3.05, 3.63) is 30.3 Å². The van der Waals surface area contributed by atoms with Crippen molar-refractivity contribution in [2.75, 3.05) is 24.3 Å². The number of likely N-dealkylation sites (N-methyl/N-ethyl adjacent to an activating group) is 1. The van der Waals surface area contributed by atoms with E-state index in [1.54, 1.807) is 0 Å². The number of rotatable bonds is 5. The Morgan fingerprint density at radius 3 is 2.32 bits per heavy atom. The summed E-state index contributed by atoms with van der Waals surface area (Å²) in [4.78, 5) is 17.2. The van der Waals surface area contributed by atoms with Crippen molar-refractivity contribution < 1.29 is 4.79 Å². The molecule has 1 aliphatic carbocycles. The lowest BCUT2D eigenvalue weighted by Gasteiger charge is -2.39. The zero-order chi connectivity index (χ0) is 15.9. The number of benzene rings is 1. The molecule has 22 heavy (non-hydrogen) atoms. The molecule has 1 amide bonds. The van der Waals surface area contributed by atoms with E-state index in [4.69, 9.17) is 0 Å². The molecule has 1 aromatic rings. The van der Waals surface area contributed by atoms with E-state index in [9.17, 15) is 4.79 Å². The SMILES string of the molecule is CN(C)C1CCCCCC1N(C(=O)CCBr)c1ccccc1. The summed E-state index contributed by atoms with van der Waals surface area (Å²) in [5, 5.41) is 0.717. The zero-order valence-corrected chi connectivity index (χ0v) is 15.3. The van der Waals surface area contributed by atoms with Crippen molar-refractivity contribution in [2.24, 2.45) is 0 Å². The van der Waals surface area contributed by atoms with Crippen LogP contribution in [-0.2, 0) is 4.79 Å². The minimum absolute atomic E-state index is 0.224. The highest BCUT2D eigenvalue weighted by Gasteiger charge is 2.33. The Bertz CT molecular complexity index is 463. The van der Waals surface area contributed by atoms with Gasteiger partial charge in [0.25, 0.3) is 0 Å². The van der Waals surface area contributed by atoms with Crippen molar-refractivity contribution in [3.8, 4) is 0 Å². The standard InChI is InChI=1S/C18H27BrN2O/c1-20(2)16-11-7-4-8-12-17(16)21(18(22)13-14-19)15-9-5-3-6-10-15/h3,5-6,9-10,16-17H,4,7-8,11-14H2,1-2H3. The summed E-state index contributed by atoms with van der Waals surface area (Å²) in [5.74, 6) is 0.224. The van der Waals surface area contributed by atoms with Gasteiger partial charge >= 0.3 is 0 Å². The number of hydrogen-bond donors (Lipinski definition) is 0. The van der Waals surface area contributed by atoms with Crippen molar-refractivity contribution >= 4 is 27.5 Å². The second-order valence-corrected chi connectivity index (χ2v) is 7.07. The van der Waals surface area contributed by atoms with Gasteiger partial charge in [-0.05, 0) is 39.1 Å². The fraction of sp³-hybridized carbons (Fsp3) is 0.611. The van der Waals surface area contributed by atoms with E-state index in [-0.39, 0.29) is 11.9 Å². The Balaban J connectivity index is 2.34. The molecule has 0 N–H and O–H groups in total. The van der Waals surface area contributed by atoms with E-state index in [1.807, 2.05) is 18.2 Å². The smallest absolute Gasteiger partial charge is 0.228 e. The predicted molar refractivity (Wildman–Crippen MR) is 96.7 cm³/mol. The molecule has 0 heterocycles. The van der Waals surface area contributed by atoms with Gasteiger partial charge in [-0.1, -0.05) is 53.4 Å². The van der Waals surface area contributed by atoms with E-state index in [0.717, 1.165) is 12.1 Å². The van der Waals surface area contributed by atoms with E-state index in [0.29, 0.717) is 17.8 Å². The molecule has 0 saturated heterocycles. The lowest BCUT2D eigenvalue weighted by atomic mass is 9.99. The normalized spacial score (nSPS) is 22.4. The highest BCUT2D eigenvalue weighted by atomic mass is 79.9. The molecule has 0 aromatic heterocycles. The second kappa shape index (κ2) is 8.68. The molecule has 0 radical (unpaired) electrons. The van der Waals surface area contributed by atoms with Gasteiger partial charge in [-0.15, -0.1) is 0 Å². The van der Waals surface area contributed by atoms with Gasteiger partial charge in [-0.3, -0.25) is 4.79 Å². The van der Waals surface area contributed by atoms with Gasteiger partial charge in [0.1, 0.15) is 0 Å². The quantitative estimate of drug-likeness (QED) is 0.579. The molecule has 4 heteroatoms. The second-order valence-electron chi connectivity index (χ2n) is 6.27. The van der Waals surface area contributed by atoms with Crippen LogP contribution in [0.3, 0.4) is 0 Å². The Morgan fingerprint density at radius 2 is 1.73 bits per heavy atom. The van der Waals surface area contributed by atoms with Crippen molar-refractivity contribution in [1.82, 2.24) is 4.90 Å². The van der Waals surface area contributed by atoms with E-state index >= 15 is 0 Å². The lowest BCUT2D eigenvalue weighted by molar-refractivity contribution is -0.119. The Hall–Kier alpha value is -0.870. The van der Waals surface area contributed by atoms with E-state index in [1.165, 1.54) is 25.7 Å². The largest absolute Gasteiger partial charge is 0.308 e. The van der Waals surface area contributed by atoms with Gasteiger partial charge in [0, 0.05) is 23.5 Å². The monoisotopic (exact) mass is 366 g/mol. The highest BCUT2D eigenvalue weighted by Crippen LogP contribution is 2.29.